The van der Waals surface area contributed by atoms with Crippen LogP contribution in [0, 0.1) is 5.82 Å². The number of carbonyl (C=O) groups is 2. The van der Waals surface area contributed by atoms with E-state index >= 15 is 0 Å². The molecule has 5 rings (SSSR count). The Kier molecular flexibility index (Phi) is 6.57. The number of hydrogen-bond donors (Lipinski definition) is 0. The van der Waals surface area contributed by atoms with Crippen molar-refractivity contribution < 1.29 is 18.7 Å². The molecule has 1 fully saturated rings. The van der Waals surface area contributed by atoms with Gasteiger partial charge in [0.05, 0.1) is 11.4 Å². The van der Waals surface area contributed by atoms with Crippen LogP contribution in [0.4, 0.5) is 9.18 Å². The summed E-state index contributed by atoms with van der Waals surface area (Å²) in [5.74, 6) is -0.189. The molecular formula is C28H19ClFNO3S. The number of benzene rings is 4. The molecule has 0 spiro atoms. The molecule has 2 amide bonds. The molecule has 1 heterocycles. The molecule has 1 aliphatic rings. The van der Waals surface area contributed by atoms with Crippen molar-refractivity contribution in [1.29, 1.82) is 0 Å². The topological polar surface area (TPSA) is 46.6 Å². The minimum absolute atomic E-state index is 0.0771. The van der Waals surface area contributed by atoms with Gasteiger partial charge in [-0.2, -0.15) is 0 Å². The summed E-state index contributed by atoms with van der Waals surface area (Å²) in [6.45, 7) is 0.332. The number of thioether (sulfide) groups is 1. The molecule has 4 nitrogen and oxygen atoms in total. The smallest absolute Gasteiger partial charge is 0.293 e. The van der Waals surface area contributed by atoms with Crippen LogP contribution in [-0.2, 0) is 17.9 Å². The van der Waals surface area contributed by atoms with Gasteiger partial charge in [0.1, 0.15) is 18.2 Å². The first-order valence-electron chi connectivity index (χ1n) is 10.9. The maximum Gasteiger partial charge on any atom is 0.293 e. The molecule has 4 aromatic rings. The highest BCUT2D eigenvalue weighted by atomic mass is 35.5. The van der Waals surface area contributed by atoms with Crippen molar-refractivity contribution in [3.05, 3.63) is 117 Å². The minimum Gasteiger partial charge on any atom is -0.488 e. The van der Waals surface area contributed by atoms with Crippen molar-refractivity contribution in [1.82, 2.24) is 4.90 Å². The average molecular weight is 504 g/mol. The number of amides is 2. The van der Waals surface area contributed by atoms with E-state index < -0.39 is 5.91 Å². The summed E-state index contributed by atoms with van der Waals surface area (Å²) in [6, 6.07) is 24.8. The zero-order valence-corrected chi connectivity index (χ0v) is 20.0. The SMILES string of the molecule is O=C1S/C(=C\c2c(OCc3ccccc3Cl)ccc3ccccc23)C(=O)N1Cc1ccc(F)cc1. The van der Waals surface area contributed by atoms with Crippen molar-refractivity contribution in [2.24, 2.45) is 0 Å². The van der Waals surface area contributed by atoms with Crippen LogP contribution in [-0.4, -0.2) is 16.0 Å². The van der Waals surface area contributed by atoms with Gasteiger partial charge in [0.25, 0.3) is 11.1 Å². The molecule has 7 heteroatoms. The molecule has 4 aromatic carbocycles. The van der Waals surface area contributed by atoms with Crippen LogP contribution >= 0.6 is 23.4 Å². The van der Waals surface area contributed by atoms with Crippen molar-refractivity contribution in [3.8, 4) is 5.75 Å². The highest BCUT2D eigenvalue weighted by molar-refractivity contribution is 8.18. The fraction of sp³-hybridized carbons (Fsp3) is 0.0714. The van der Waals surface area contributed by atoms with Gasteiger partial charge in [-0.3, -0.25) is 14.5 Å². The third-order valence-corrected chi connectivity index (χ3v) is 6.95. The number of carbonyl (C=O) groups excluding carboxylic acids is 2. The van der Waals surface area contributed by atoms with Gasteiger partial charge in [-0.15, -0.1) is 0 Å². The molecule has 0 aliphatic carbocycles. The summed E-state index contributed by atoms with van der Waals surface area (Å²) in [4.78, 5) is 27.3. The molecular weight excluding hydrogens is 485 g/mol. The minimum atomic E-state index is -0.394. The van der Waals surface area contributed by atoms with E-state index in [2.05, 4.69) is 0 Å². The molecule has 174 valence electrons. The van der Waals surface area contributed by atoms with Gasteiger partial charge >= 0.3 is 0 Å². The molecule has 0 bridgehead atoms. The number of imide groups is 1. The second kappa shape index (κ2) is 9.94. The summed E-state index contributed by atoms with van der Waals surface area (Å²) < 4.78 is 19.4. The Morgan fingerprint density at radius 1 is 0.914 bits per heavy atom. The first-order chi connectivity index (χ1) is 17.0. The van der Waals surface area contributed by atoms with Crippen LogP contribution in [0.25, 0.3) is 16.8 Å². The number of ether oxygens (including phenoxy) is 1. The molecule has 0 aromatic heterocycles. The molecule has 0 saturated carbocycles. The summed E-state index contributed by atoms with van der Waals surface area (Å²) in [7, 11) is 0. The van der Waals surface area contributed by atoms with Gasteiger partial charge in [-0.05, 0) is 58.4 Å². The van der Waals surface area contributed by atoms with Gasteiger partial charge in [0, 0.05) is 16.1 Å². The average Bonchev–Trinajstić information content (AvgIpc) is 3.13. The Morgan fingerprint density at radius 3 is 2.46 bits per heavy atom. The number of halogens is 2. The lowest BCUT2D eigenvalue weighted by Gasteiger charge is -2.14. The second-order valence-electron chi connectivity index (χ2n) is 7.97. The van der Waals surface area contributed by atoms with Crippen molar-refractivity contribution in [2.45, 2.75) is 13.2 Å². The van der Waals surface area contributed by atoms with E-state index in [1.807, 2.05) is 54.6 Å². The molecule has 1 saturated heterocycles. The van der Waals surface area contributed by atoms with Crippen LogP contribution < -0.4 is 4.74 Å². The van der Waals surface area contributed by atoms with Crippen LogP contribution in [0.15, 0.2) is 89.8 Å². The van der Waals surface area contributed by atoms with E-state index in [0.29, 0.717) is 26.8 Å². The monoisotopic (exact) mass is 503 g/mol. The largest absolute Gasteiger partial charge is 0.488 e. The van der Waals surface area contributed by atoms with Gasteiger partial charge in [-0.1, -0.05) is 72.3 Å². The third-order valence-electron chi connectivity index (χ3n) is 5.67. The fourth-order valence-corrected chi connectivity index (χ4v) is 4.87. The first kappa shape index (κ1) is 23.1. The quantitative estimate of drug-likeness (QED) is 0.256. The highest BCUT2D eigenvalue weighted by Crippen LogP contribution is 2.37. The van der Waals surface area contributed by atoms with Gasteiger partial charge < -0.3 is 4.74 Å². The normalized spacial score (nSPS) is 14.8. The molecule has 35 heavy (non-hydrogen) atoms. The summed E-state index contributed by atoms with van der Waals surface area (Å²) in [5, 5.41) is 2.12. The lowest BCUT2D eigenvalue weighted by molar-refractivity contribution is -0.123. The number of nitrogens with zero attached hydrogens (tertiary/aromatic N) is 1. The van der Waals surface area contributed by atoms with E-state index in [9.17, 15) is 14.0 Å². The van der Waals surface area contributed by atoms with E-state index in [4.69, 9.17) is 16.3 Å². The molecule has 0 atom stereocenters. The van der Waals surface area contributed by atoms with E-state index in [1.54, 1.807) is 24.3 Å². The van der Waals surface area contributed by atoms with E-state index in [-0.39, 0.29) is 24.2 Å². The first-order valence-corrected chi connectivity index (χ1v) is 12.1. The van der Waals surface area contributed by atoms with Crippen molar-refractivity contribution >= 4 is 51.4 Å². The van der Waals surface area contributed by atoms with E-state index in [1.165, 1.54) is 17.0 Å². The van der Waals surface area contributed by atoms with Crippen LogP contribution in [0.2, 0.25) is 5.02 Å². The zero-order chi connectivity index (χ0) is 24.4. The van der Waals surface area contributed by atoms with Crippen molar-refractivity contribution in [3.63, 3.8) is 0 Å². The maximum absolute atomic E-state index is 13.2. The maximum atomic E-state index is 13.2. The molecule has 1 aliphatic heterocycles. The predicted octanol–water partition coefficient (Wildman–Crippen LogP) is 7.45. The van der Waals surface area contributed by atoms with Gasteiger partial charge in [0.15, 0.2) is 0 Å². The Labute approximate surface area is 211 Å². The Morgan fingerprint density at radius 2 is 1.66 bits per heavy atom. The Balaban J connectivity index is 1.48. The third kappa shape index (κ3) is 4.94. The van der Waals surface area contributed by atoms with Crippen molar-refractivity contribution in [2.75, 3.05) is 0 Å². The summed E-state index contributed by atoms with van der Waals surface area (Å²) in [5.41, 5.74) is 2.22. The zero-order valence-electron chi connectivity index (χ0n) is 18.4. The number of hydrogen-bond acceptors (Lipinski definition) is 4. The molecule has 0 N–H and O–H groups in total. The standard InChI is InChI=1S/C28H19ClFNO3S/c29-24-8-4-2-6-20(24)17-34-25-14-11-19-5-1-3-7-22(19)23(25)15-26-27(32)31(28(33)35-26)16-18-9-12-21(30)13-10-18/h1-15H,16-17H2/b26-15-. The highest BCUT2D eigenvalue weighted by Gasteiger charge is 2.35. The molecule has 0 radical (unpaired) electrons. The Bertz CT molecular complexity index is 1470. The van der Waals surface area contributed by atoms with Gasteiger partial charge in [-0.25, -0.2) is 4.39 Å². The van der Waals surface area contributed by atoms with Gasteiger partial charge in [0.2, 0.25) is 0 Å². The predicted molar refractivity (Wildman–Crippen MR) is 138 cm³/mol. The second-order valence-corrected chi connectivity index (χ2v) is 9.37. The Hall–Kier alpha value is -3.61. The van der Waals surface area contributed by atoms with Crippen LogP contribution in [0.3, 0.4) is 0 Å². The van der Waals surface area contributed by atoms with E-state index in [0.717, 1.165) is 28.1 Å². The lowest BCUT2D eigenvalue weighted by atomic mass is 10.0. The number of rotatable bonds is 6. The summed E-state index contributed by atoms with van der Waals surface area (Å²) >= 11 is 7.17. The lowest BCUT2D eigenvalue weighted by Crippen LogP contribution is -2.27. The van der Waals surface area contributed by atoms with Crippen LogP contribution in [0.1, 0.15) is 16.7 Å². The number of fused-ring (bicyclic) bond motifs is 1. The molecule has 0 unspecified atom stereocenters. The fourth-order valence-electron chi connectivity index (χ4n) is 3.86. The van der Waals surface area contributed by atoms with Crippen LogP contribution in [0.5, 0.6) is 5.75 Å². The summed E-state index contributed by atoms with van der Waals surface area (Å²) in [6.07, 6.45) is 1.71.